The van der Waals surface area contributed by atoms with Gasteiger partial charge in [0, 0.05) is 39.9 Å². The normalized spacial score (nSPS) is 9.44. The van der Waals surface area contributed by atoms with E-state index in [1.807, 2.05) is 0 Å². The van der Waals surface area contributed by atoms with Crippen LogP contribution in [0.2, 0.25) is 0 Å². The molecule has 0 aromatic carbocycles. The summed E-state index contributed by atoms with van der Waals surface area (Å²) in [5.41, 5.74) is 0. The van der Waals surface area contributed by atoms with Crippen molar-refractivity contribution >= 4 is 13.2 Å². The summed E-state index contributed by atoms with van der Waals surface area (Å²) < 4.78 is 0. The van der Waals surface area contributed by atoms with E-state index in [0.29, 0.717) is 0 Å². The average molecular weight is 150 g/mol. The number of carboxylic acid groups (broad SMARTS) is 1. The minimum absolute atomic E-state index is 0.389. The smallest absolute Gasteiger partial charge is 0.0481 e. The van der Waals surface area contributed by atoms with Gasteiger partial charge in [0.25, 0.3) is 0 Å². The van der Waals surface area contributed by atoms with Gasteiger partial charge in [0.2, 0.25) is 0 Å². The van der Waals surface area contributed by atoms with E-state index in [1.165, 1.54) is 0 Å². The monoisotopic (exact) mass is 150 g/mol. The quantitative estimate of drug-likeness (QED) is 0.465. The van der Waals surface area contributed by atoms with Crippen LogP contribution in [0.5, 0.6) is 0 Å². The largest absolute Gasteiger partial charge is 0.550 e. The Morgan fingerprint density at radius 2 is 1.22 bits per heavy atom. The van der Waals surface area contributed by atoms with E-state index >= 15 is 0 Å². The molecule has 0 aromatic rings. The molecule has 2 nitrogen and oxygen atoms in total. The van der Waals surface area contributed by atoms with Crippen LogP contribution in [0, 0.1) is 0 Å². The molecule has 0 fully saturated rings. The van der Waals surface area contributed by atoms with Crippen molar-refractivity contribution in [1.29, 1.82) is 0 Å². The molecule has 0 saturated carbocycles. The Bertz CT molecular complexity index is 73.5. The molecule has 0 unspecified atom stereocenters. The van der Waals surface area contributed by atoms with Gasteiger partial charge in [-0.15, -0.1) is 0 Å². The second kappa shape index (κ2) is 4.75. The van der Waals surface area contributed by atoms with Gasteiger partial charge in [0.05, 0.1) is 0 Å². The maximum Gasteiger partial charge on any atom is 0.0481 e. The Morgan fingerprint density at radius 1 is 1.22 bits per heavy atom. The predicted octanol–water partition coefficient (Wildman–Crippen LogP) is 0.279. The Hall–Kier alpha value is -0.100. The van der Waals surface area contributed by atoms with Crippen molar-refractivity contribution in [2.75, 3.05) is 26.7 Å². The highest BCUT2D eigenvalue weighted by Gasteiger charge is 2.03. The lowest BCUT2D eigenvalue weighted by molar-refractivity contribution is -0.302. The molecule has 0 aliphatic carbocycles. The van der Waals surface area contributed by atoms with E-state index in [9.17, 15) is 0 Å². The van der Waals surface area contributed by atoms with Crippen molar-refractivity contribution in [2.45, 2.75) is 6.92 Å². The van der Waals surface area contributed by atoms with Gasteiger partial charge in [-0.25, -0.2) is 0 Å². The van der Waals surface area contributed by atoms with Crippen molar-refractivity contribution in [3.8, 4) is 0 Å². The van der Waals surface area contributed by atoms with Crippen molar-refractivity contribution in [3.05, 3.63) is 0 Å². The summed E-state index contributed by atoms with van der Waals surface area (Å²) in [5, 5.41) is 8.89. The lowest BCUT2D eigenvalue weighted by Crippen LogP contribution is -2.16. The van der Waals surface area contributed by atoms with Crippen LogP contribution in [0.15, 0.2) is 0 Å². The van der Waals surface area contributed by atoms with Gasteiger partial charge in [-0.3, -0.25) is 0 Å². The average Bonchev–Trinajstić information content (AvgIpc) is 1.19. The van der Waals surface area contributed by atoms with Crippen LogP contribution >= 0.6 is 7.26 Å². The SMILES string of the molecule is CC(=O)[O-].C[P+](C)(C)C. The van der Waals surface area contributed by atoms with E-state index < -0.39 is 5.97 Å². The first kappa shape index (κ1) is 11.7. The summed E-state index contributed by atoms with van der Waals surface area (Å²) in [6.07, 6.45) is 0. The van der Waals surface area contributed by atoms with E-state index in [0.717, 1.165) is 6.92 Å². The molecule has 3 heteroatoms. The molecule has 0 rings (SSSR count). The van der Waals surface area contributed by atoms with Crippen molar-refractivity contribution < 1.29 is 9.90 Å². The fourth-order valence-corrected chi connectivity index (χ4v) is 0. The number of carboxylic acids is 1. The zero-order valence-electron chi connectivity index (χ0n) is 6.76. The van der Waals surface area contributed by atoms with E-state index in [4.69, 9.17) is 9.90 Å². The highest BCUT2D eigenvalue weighted by Crippen LogP contribution is 2.40. The second-order valence-electron chi connectivity index (χ2n) is 3.17. The molecule has 0 amide bonds. The minimum Gasteiger partial charge on any atom is -0.550 e. The van der Waals surface area contributed by atoms with E-state index in [-0.39, 0.29) is 7.26 Å². The molecule has 0 N–H and O–H groups in total. The maximum absolute atomic E-state index is 8.89. The molecular weight excluding hydrogens is 135 g/mol. The number of carbonyl (C=O) groups excluding carboxylic acids is 1. The topological polar surface area (TPSA) is 40.1 Å². The fourth-order valence-electron chi connectivity index (χ4n) is 0. The number of carbonyl (C=O) groups is 1. The molecule has 0 aliphatic rings. The highest BCUT2D eigenvalue weighted by molar-refractivity contribution is 7.72. The Morgan fingerprint density at radius 3 is 1.22 bits per heavy atom. The molecule has 0 aromatic heterocycles. The molecule has 0 atom stereocenters. The van der Waals surface area contributed by atoms with Gasteiger partial charge in [-0.05, 0) is 6.92 Å². The standard InChI is InChI=1S/C4H12P.C2H4O2/c1-5(2,3)4;1-2(3)4/h1-4H3;1H3,(H,3,4)/q+1;/p-1. The number of rotatable bonds is 0. The number of hydrogen-bond donors (Lipinski definition) is 0. The summed E-state index contributed by atoms with van der Waals surface area (Å²) in [6.45, 7) is 10.2. The number of hydrogen-bond acceptors (Lipinski definition) is 2. The molecule has 0 saturated heterocycles. The fraction of sp³-hybridized carbons (Fsp3) is 0.833. The lowest BCUT2D eigenvalue weighted by Gasteiger charge is -1.97. The third kappa shape index (κ3) is 27500. The van der Waals surface area contributed by atoms with Crippen LogP contribution in [-0.4, -0.2) is 32.6 Å². The lowest BCUT2D eigenvalue weighted by atomic mass is 10.9. The third-order valence-corrected chi connectivity index (χ3v) is 0. The molecule has 0 radical (unpaired) electrons. The van der Waals surface area contributed by atoms with Crippen molar-refractivity contribution in [3.63, 3.8) is 0 Å². The van der Waals surface area contributed by atoms with Crippen LogP contribution in [-0.2, 0) is 4.79 Å². The molecule has 0 bridgehead atoms. The summed E-state index contributed by atoms with van der Waals surface area (Å²) in [4.78, 5) is 8.89. The summed E-state index contributed by atoms with van der Waals surface area (Å²) >= 11 is 0. The molecule has 0 aliphatic heterocycles. The Labute approximate surface area is 57.6 Å². The summed E-state index contributed by atoms with van der Waals surface area (Å²) in [7, 11) is -0.389. The van der Waals surface area contributed by atoms with Crippen LogP contribution in [0.25, 0.3) is 0 Å². The Balaban J connectivity index is 0. The maximum atomic E-state index is 8.89. The van der Waals surface area contributed by atoms with Crippen LogP contribution in [0.3, 0.4) is 0 Å². The summed E-state index contributed by atoms with van der Waals surface area (Å²) in [6, 6.07) is 0. The minimum atomic E-state index is -1.08. The van der Waals surface area contributed by atoms with Crippen LogP contribution in [0.1, 0.15) is 6.92 Å². The first-order valence-corrected chi connectivity index (χ1v) is 6.27. The van der Waals surface area contributed by atoms with Crippen molar-refractivity contribution in [2.24, 2.45) is 0 Å². The zero-order valence-corrected chi connectivity index (χ0v) is 7.66. The van der Waals surface area contributed by atoms with Gasteiger partial charge in [-0.1, -0.05) is 0 Å². The zero-order chi connectivity index (χ0) is 8.08. The van der Waals surface area contributed by atoms with Gasteiger partial charge < -0.3 is 9.90 Å². The Kier molecular flexibility index (Phi) is 6.16. The molecule has 0 heterocycles. The van der Waals surface area contributed by atoms with E-state index in [2.05, 4.69) is 26.7 Å². The summed E-state index contributed by atoms with van der Waals surface area (Å²) in [5.74, 6) is -1.08. The van der Waals surface area contributed by atoms with Crippen LogP contribution in [0.4, 0.5) is 0 Å². The van der Waals surface area contributed by atoms with Gasteiger partial charge in [0.1, 0.15) is 0 Å². The third-order valence-electron chi connectivity index (χ3n) is 0. The first-order valence-electron chi connectivity index (χ1n) is 2.70. The molecule has 56 valence electrons. The predicted molar refractivity (Wildman–Crippen MR) is 41.3 cm³/mol. The van der Waals surface area contributed by atoms with E-state index in [1.54, 1.807) is 0 Å². The highest BCUT2D eigenvalue weighted by atomic mass is 31.2. The van der Waals surface area contributed by atoms with Crippen LogP contribution < -0.4 is 5.11 Å². The van der Waals surface area contributed by atoms with Gasteiger partial charge in [0.15, 0.2) is 0 Å². The number of aliphatic carboxylic acids is 1. The second-order valence-corrected chi connectivity index (χ2v) is 8.54. The molecule has 9 heavy (non-hydrogen) atoms. The first-order chi connectivity index (χ1) is 3.73. The van der Waals surface area contributed by atoms with Crippen molar-refractivity contribution in [1.82, 2.24) is 0 Å². The van der Waals surface area contributed by atoms with Gasteiger partial charge in [-0.2, -0.15) is 0 Å². The van der Waals surface area contributed by atoms with Gasteiger partial charge >= 0.3 is 0 Å². The molecule has 0 spiro atoms. The molecular formula is C6H15O2P.